The van der Waals surface area contributed by atoms with E-state index in [4.69, 9.17) is 4.42 Å². The highest BCUT2D eigenvalue weighted by atomic mass is 32.1. The van der Waals surface area contributed by atoms with Crippen molar-refractivity contribution >= 4 is 87.6 Å². The van der Waals surface area contributed by atoms with E-state index in [1.165, 1.54) is 120 Å². The lowest BCUT2D eigenvalue weighted by Crippen LogP contribution is -2.28. The van der Waals surface area contributed by atoms with Crippen LogP contribution in [0.25, 0.3) is 120 Å². The molecule has 0 fully saturated rings. The van der Waals surface area contributed by atoms with Crippen molar-refractivity contribution in [3.8, 4) is 77.9 Å². The van der Waals surface area contributed by atoms with Crippen molar-refractivity contribution in [2.24, 2.45) is 0 Å². The van der Waals surface area contributed by atoms with Crippen LogP contribution in [0.4, 0.5) is 34.1 Å². The standard InChI is InChI=1S/C61H41NS.C55H37NO/c1-5-19-42(20-6-1)43-33-36-48(37-34-43)62(58-31-17-14-27-50(58)44-21-7-2-8-22-44)49-40-54(60-55(41-49)53-29-15-18-32-59(53)63-60)45-35-38-52-51-28-13-16-30-56(51)61(57(52)39-45,46-23-9-3-10-24-46)47-25-11-4-12-26-47;1-5-17-41(18-6-1)55(42-19-7-2-8-20-42)51-27-15-13-25-46(51)47-34-31-39(37-52(47)55)49-35-40(36-50-48-26-14-16-28-53(48)57-54(49)50)38-29-32-45(33-30-38)56(43-21-9-3-10-22-43)44-23-11-4-12-24-44/h1-41H;1-37H. The quantitative estimate of drug-likeness (QED) is 0.102. The number of nitrogens with zero attached hydrogens (tertiary/aromatic N) is 2. The average Bonchev–Trinajstić information content (AvgIpc) is 1.54. The molecule has 0 unspecified atom stereocenters. The molecule has 0 radical (unpaired) electrons. The lowest BCUT2D eigenvalue weighted by atomic mass is 9.67. The van der Waals surface area contributed by atoms with Crippen molar-refractivity contribution in [2.75, 3.05) is 9.80 Å². The molecule has 3 nitrogen and oxygen atoms in total. The smallest absolute Gasteiger partial charge is 0.143 e. The lowest BCUT2D eigenvalue weighted by Gasteiger charge is -2.34. The number of anilines is 6. The van der Waals surface area contributed by atoms with Crippen LogP contribution in [0.5, 0.6) is 0 Å². The summed E-state index contributed by atoms with van der Waals surface area (Å²) < 4.78 is 9.34. The van der Waals surface area contributed by atoms with Crippen LogP contribution in [-0.2, 0) is 10.8 Å². The number of hydrogen-bond acceptors (Lipinski definition) is 4. The van der Waals surface area contributed by atoms with Crippen molar-refractivity contribution in [3.63, 3.8) is 0 Å². The van der Waals surface area contributed by atoms with Gasteiger partial charge in [0.25, 0.3) is 0 Å². The van der Waals surface area contributed by atoms with Crippen LogP contribution >= 0.6 is 11.3 Å². The highest BCUT2D eigenvalue weighted by Gasteiger charge is 2.48. The molecule has 2 aromatic heterocycles. The molecule has 0 aliphatic heterocycles. The number of thiophene rings is 1. The van der Waals surface area contributed by atoms with Gasteiger partial charge >= 0.3 is 0 Å². The maximum atomic E-state index is 6.77. The van der Waals surface area contributed by atoms with Gasteiger partial charge in [0.2, 0.25) is 0 Å². The minimum absolute atomic E-state index is 0.492. The monoisotopic (exact) mass is 1550 g/mol. The summed E-state index contributed by atoms with van der Waals surface area (Å²) in [5, 5.41) is 4.75. The fourth-order valence-electron chi connectivity index (χ4n) is 19.4. The molecular formula is C116H78N2OS. The summed E-state index contributed by atoms with van der Waals surface area (Å²) in [6.45, 7) is 0. The summed E-state index contributed by atoms with van der Waals surface area (Å²) >= 11 is 1.89. The zero-order chi connectivity index (χ0) is 79.5. The molecule has 4 heteroatoms. The average molecular weight is 1550 g/mol. The molecule has 0 atom stereocenters. The first-order valence-electron chi connectivity index (χ1n) is 41.3. The van der Waals surface area contributed by atoms with Gasteiger partial charge in [-0.25, -0.2) is 0 Å². The van der Waals surface area contributed by atoms with Gasteiger partial charge in [0, 0.05) is 76.1 Å². The Bertz CT molecular complexity index is 7240. The molecule has 2 heterocycles. The van der Waals surface area contributed by atoms with Crippen LogP contribution < -0.4 is 9.80 Å². The Labute approximate surface area is 703 Å². The van der Waals surface area contributed by atoms with Crippen LogP contribution in [-0.4, -0.2) is 0 Å². The third-order valence-corrected chi connectivity index (χ3v) is 25.9. The van der Waals surface area contributed by atoms with Gasteiger partial charge in [0.1, 0.15) is 11.2 Å². The first-order valence-corrected chi connectivity index (χ1v) is 42.1. The van der Waals surface area contributed by atoms with E-state index in [0.717, 1.165) is 78.3 Å². The molecule has 21 aromatic rings. The molecule has 0 saturated heterocycles. The first kappa shape index (κ1) is 71.4. The van der Waals surface area contributed by atoms with E-state index in [0.29, 0.717) is 0 Å². The van der Waals surface area contributed by atoms with Crippen LogP contribution in [0.3, 0.4) is 0 Å². The molecule has 0 N–H and O–H groups in total. The molecule has 120 heavy (non-hydrogen) atoms. The van der Waals surface area contributed by atoms with Crippen molar-refractivity contribution < 1.29 is 4.42 Å². The molecular weight excluding hydrogens is 1470 g/mol. The maximum absolute atomic E-state index is 6.77. The zero-order valence-corrected chi connectivity index (χ0v) is 66.6. The third kappa shape index (κ3) is 12.0. The highest BCUT2D eigenvalue weighted by Crippen LogP contribution is 2.60. The number of benzene rings is 19. The molecule has 0 saturated carbocycles. The molecule has 2 aliphatic carbocycles. The predicted octanol–water partition coefficient (Wildman–Crippen LogP) is 31.6. The van der Waals surface area contributed by atoms with Crippen LogP contribution in [0.2, 0.25) is 0 Å². The van der Waals surface area contributed by atoms with Crippen molar-refractivity contribution in [1.29, 1.82) is 0 Å². The van der Waals surface area contributed by atoms with E-state index in [1.807, 2.05) is 11.3 Å². The fraction of sp³-hybridized carbons (Fsp3) is 0.0172. The van der Waals surface area contributed by atoms with Crippen molar-refractivity contribution in [3.05, 3.63) is 518 Å². The lowest BCUT2D eigenvalue weighted by molar-refractivity contribution is 0.670. The molecule has 0 bridgehead atoms. The van der Waals surface area contributed by atoms with Gasteiger partial charge in [0.15, 0.2) is 0 Å². The van der Waals surface area contributed by atoms with E-state index in [1.54, 1.807) is 0 Å². The Morgan fingerprint density at radius 3 is 1.12 bits per heavy atom. The van der Waals surface area contributed by atoms with E-state index in [2.05, 4.69) is 483 Å². The summed E-state index contributed by atoms with van der Waals surface area (Å²) in [5.41, 5.74) is 34.5. The third-order valence-electron chi connectivity index (χ3n) is 24.7. The largest absolute Gasteiger partial charge is 0.455 e. The highest BCUT2D eigenvalue weighted by molar-refractivity contribution is 7.26. The van der Waals surface area contributed by atoms with Gasteiger partial charge in [-0.15, -0.1) is 11.3 Å². The van der Waals surface area contributed by atoms with Gasteiger partial charge < -0.3 is 14.2 Å². The van der Waals surface area contributed by atoms with Crippen molar-refractivity contribution in [1.82, 2.24) is 0 Å². The van der Waals surface area contributed by atoms with E-state index in [9.17, 15) is 0 Å². The second kappa shape index (κ2) is 30.1. The maximum Gasteiger partial charge on any atom is 0.143 e. The molecule has 2 aliphatic rings. The molecule has 564 valence electrons. The minimum Gasteiger partial charge on any atom is -0.455 e. The molecule has 19 aromatic carbocycles. The molecule has 0 amide bonds. The van der Waals surface area contributed by atoms with Crippen LogP contribution in [0.15, 0.2) is 478 Å². The summed E-state index contributed by atoms with van der Waals surface area (Å²) in [6, 6.07) is 173. The Morgan fingerprint density at radius 1 is 0.200 bits per heavy atom. The summed E-state index contributed by atoms with van der Waals surface area (Å²) in [4.78, 5) is 4.77. The Hall–Kier alpha value is -15.2. The number of furan rings is 1. The first-order chi connectivity index (χ1) is 59.5. The SMILES string of the molecule is c1ccc(-c2ccc(N(c3cc(-c4ccc5c(c4)C(c4ccccc4)(c4ccccc4)c4ccccc4-5)c4sc5ccccc5c4c3)c3ccccc3-c3ccccc3)cc2)cc1.c1ccc(N(c2ccccc2)c2ccc(-c3cc(-c4ccc5c(c4)C(c4ccccc4)(c4ccccc4)c4ccccc4-5)c4oc5ccccc5c4c3)cc2)cc1. The Kier molecular flexibility index (Phi) is 17.9. The second-order valence-electron chi connectivity index (χ2n) is 31.2. The number of para-hydroxylation sites is 4. The topological polar surface area (TPSA) is 19.6 Å². The minimum atomic E-state index is -0.498. The van der Waals surface area contributed by atoms with Gasteiger partial charge in [0.05, 0.1) is 16.5 Å². The number of rotatable bonds is 15. The van der Waals surface area contributed by atoms with Crippen LogP contribution in [0, 0.1) is 0 Å². The normalized spacial score (nSPS) is 12.6. The van der Waals surface area contributed by atoms with Gasteiger partial charge in [-0.3, -0.25) is 0 Å². The zero-order valence-electron chi connectivity index (χ0n) is 65.7. The summed E-state index contributed by atoms with van der Waals surface area (Å²) in [7, 11) is 0. The van der Waals surface area contributed by atoms with Gasteiger partial charge in [-0.1, -0.05) is 370 Å². The summed E-state index contributed by atoms with van der Waals surface area (Å²) in [6.07, 6.45) is 0. The predicted molar refractivity (Wildman–Crippen MR) is 504 cm³/mol. The Balaban J connectivity index is 0.000000145. The van der Waals surface area contributed by atoms with Crippen molar-refractivity contribution in [2.45, 2.75) is 10.8 Å². The second-order valence-corrected chi connectivity index (χ2v) is 32.3. The fourth-order valence-corrected chi connectivity index (χ4v) is 20.6. The number of hydrogen-bond donors (Lipinski definition) is 0. The Morgan fingerprint density at radius 2 is 0.583 bits per heavy atom. The summed E-state index contributed by atoms with van der Waals surface area (Å²) in [5.74, 6) is 0. The molecule has 0 spiro atoms. The number of fused-ring (bicyclic) bond motifs is 12. The van der Waals surface area contributed by atoms with E-state index >= 15 is 0 Å². The van der Waals surface area contributed by atoms with E-state index < -0.39 is 10.8 Å². The van der Waals surface area contributed by atoms with Gasteiger partial charge in [-0.05, 0) is 209 Å². The van der Waals surface area contributed by atoms with E-state index in [-0.39, 0.29) is 0 Å². The molecule has 23 rings (SSSR count). The van der Waals surface area contributed by atoms with Gasteiger partial charge in [-0.2, -0.15) is 0 Å². The van der Waals surface area contributed by atoms with Crippen LogP contribution in [0.1, 0.15) is 44.5 Å².